The molecule has 0 unspecified atom stereocenters. The predicted octanol–water partition coefficient (Wildman–Crippen LogP) is 1.68. The van der Waals surface area contributed by atoms with Crippen LogP contribution >= 0.6 is 23.2 Å². The summed E-state index contributed by atoms with van der Waals surface area (Å²) in [5.74, 6) is -0.564. The zero-order valence-electron chi connectivity index (χ0n) is 12.3. The van der Waals surface area contributed by atoms with Crippen molar-refractivity contribution >= 4 is 46.6 Å². The van der Waals surface area contributed by atoms with Gasteiger partial charge in [-0.05, 0) is 18.2 Å². The molecular formula is C14H17Cl2N3O3. The number of primary amides is 1. The van der Waals surface area contributed by atoms with E-state index in [2.05, 4.69) is 5.73 Å². The number of carbonyl (C=O) groups excluding carboxylic acids is 3. The predicted molar refractivity (Wildman–Crippen MR) is 85.9 cm³/mol. The van der Waals surface area contributed by atoms with Crippen molar-refractivity contribution in [1.29, 1.82) is 0 Å². The monoisotopic (exact) mass is 345 g/mol. The van der Waals surface area contributed by atoms with Crippen LogP contribution in [-0.2, 0) is 14.4 Å². The molecule has 8 heteroatoms. The van der Waals surface area contributed by atoms with Gasteiger partial charge in [0.05, 0.1) is 10.7 Å². The lowest BCUT2D eigenvalue weighted by atomic mass is 10.2. The van der Waals surface area contributed by atoms with E-state index in [1.54, 1.807) is 23.1 Å². The zero-order chi connectivity index (χ0) is 16.9. The van der Waals surface area contributed by atoms with Crippen LogP contribution in [0.3, 0.4) is 0 Å². The van der Waals surface area contributed by atoms with Crippen molar-refractivity contribution < 1.29 is 14.4 Å². The molecule has 1 aliphatic heterocycles. The third-order valence-electron chi connectivity index (χ3n) is 2.87. The second-order valence-corrected chi connectivity index (χ2v) is 5.54. The van der Waals surface area contributed by atoms with Crippen molar-refractivity contribution in [3.8, 4) is 0 Å². The highest BCUT2D eigenvalue weighted by atomic mass is 35.5. The first-order chi connectivity index (χ1) is 10.2. The van der Waals surface area contributed by atoms with Gasteiger partial charge in [-0.25, -0.2) is 0 Å². The molecule has 0 bridgehead atoms. The Morgan fingerprint density at radius 3 is 2.23 bits per heavy atom. The smallest absolute Gasteiger partial charge is 0.246 e. The third kappa shape index (κ3) is 5.20. The molecule has 0 spiro atoms. The minimum absolute atomic E-state index is 0.0916. The van der Waals surface area contributed by atoms with Gasteiger partial charge in [0, 0.05) is 32.0 Å². The van der Waals surface area contributed by atoms with E-state index < -0.39 is 0 Å². The van der Waals surface area contributed by atoms with Gasteiger partial charge in [0.1, 0.15) is 6.54 Å². The molecule has 120 valence electrons. The molecule has 0 aliphatic carbocycles. The molecule has 1 aromatic carbocycles. The molecule has 0 aromatic heterocycles. The summed E-state index contributed by atoms with van der Waals surface area (Å²) in [6.45, 7) is 3.81. The highest BCUT2D eigenvalue weighted by molar-refractivity contribution is 6.36. The van der Waals surface area contributed by atoms with Gasteiger partial charge in [0.25, 0.3) is 0 Å². The highest BCUT2D eigenvalue weighted by Gasteiger charge is 2.27. The summed E-state index contributed by atoms with van der Waals surface area (Å²) < 4.78 is 0. The van der Waals surface area contributed by atoms with E-state index in [9.17, 15) is 14.4 Å². The van der Waals surface area contributed by atoms with Crippen LogP contribution < -0.4 is 10.6 Å². The maximum atomic E-state index is 12.0. The molecule has 0 saturated carbocycles. The topological polar surface area (TPSA) is 83.7 Å². The Morgan fingerprint density at radius 1 is 1.18 bits per heavy atom. The van der Waals surface area contributed by atoms with Crippen molar-refractivity contribution in [2.24, 2.45) is 5.73 Å². The minimum atomic E-state index is -0.333. The van der Waals surface area contributed by atoms with Crippen LogP contribution in [-0.4, -0.2) is 42.3 Å². The van der Waals surface area contributed by atoms with Crippen molar-refractivity contribution in [1.82, 2.24) is 4.90 Å². The normalized spacial score (nSPS) is 14.3. The molecule has 1 aliphatic rings. The molecule has 6 nitrogen and oxygen atoms in total. The first-order valence-electron chi connectivity index (χ1n) is 6.49. The largest absolute Gasteiger partial charge is 0.370 e. The molecule has 1 fully saturated rings. The Balaban J connectivity index is 0.000000541. The number of carbonyl (C=O) groups is 3. The summed E-state index contributed by atoms with van der Waals surface area (Å²) in [5, 5.41) is 0.964. The van der Waals surface area contributed by atoms with Gasteiger partial charge in [-0.3, -0.25) is 14.4 Å². The Kier molecular flexibility index (Phi) is 6.64. The van der Waals surface area contributed by atoms with Crippen LogP contribution in [0.2, 0.25) is 10.0 Å². The molecule has 1 heterocycles. The Bertz CT molecular complexity index is 589. The van der Waals surface area contributed by atoms with Crippen LogP contribution in [0.4, 0.5) is 5.69 Å². The van der Waals surface area contributed by atoms with E-state index in [1.165, 1.54) is 18.7 Å². The average Bonchev–Trinajstić information content (AvgIpc) is 2.38. The number of anilines is 1. The van der Waals surface area contributed by atoms with Gasteiger partial charge < -0.3 is 15.5 Å². The second kappa shape index (κ2) is 8.00. The Hall–Kier alpha value is -1.79. The quantitative estimate of drug-likeness (QED) is 0.840. The van der Waals surface area contributed by atoms with Gasteiger partial charge in [-0.1, -0.05) is 23.2 Å². The van der Waals surface area contributed by atoms with Crippen molar-refractivity contribution in [2.45, 2.75) is 13.8 Å². The summed E-state index contributed by atoms with van der Waals surface area (Å²) in [5.41, 5.74) is 5.11. The minimum Gasteiger partial charge on any atom is -0.370 e. The first-order valence-corrected chi connectivity index (χ1v) is 7.25. The number of nitrogens with two attached hydrogens (primary N) is 1. The van der Waals surface area contributed by atoms with E-state index in [1.807, 2.05) is 0 Å². The van der Waals surface area contributed by atoms with Crippen molar-refractivity contribution in [3.05, 3.63) is 28.2 Å². The lowest BCUT2D eigenvalue weighted by molar-refractivity contribution is -0.135. The fourth-order valence-electron chi connectivity index (χ4n) is 1.90. The number of piperazine rings is 1. The zero-order valence-corrected chi connectivity index (χ0v) is 13.8. The first kappa shape index (κ1) is 18.3. The Labute approximate surface area is 138 Å². The van der Waals surface area contributed by atoms with Gasteiger partial charge in [0.2, 0.25) is 17.7 Å². The lowest BCUT2D eigenvalue weighted by Crippen LogP contribution is -2.52. The number of hydrogen-bond acceptors (Lipinski definition) is 3. The highest BCUT2D eigenvalue weighted by Crippen LogP contribution is 2.29. The summed E-state index contributed by atoms with van der Waals surface area (Å²) in [6, 6.07) is 5.00. The lowest BCUT2D eigenvalue weighted by Gasteiger charge is -2.34. The number of benzene rings is 1. The van der Waals surface area contributed by atoms with Crippen LogP contribution in [0.1, 0.15) is 13.8 Å². The van der Waals surface area contributed by atoms with Gasteiger partial charge in [0.15, 0.2) is 0 Å². The molecule has 2 rings (SSSR count). The number of nitrogens with zero attached hydrogens (tertiary/aromatic N) is 2. The second-order valence-electron chi connectivity index (χ2n) is 4.69. The summed E-state index contributed by atoms with van der Waals surface area (Å²) in [4.78, 5) is 35.5. The van der Waals surface area contributed by atoms with E-state index in [0.717, 1.165) is 0 Å². The van der Waals surface area contributed by atoms with Gasteiger partial charge in [-0.2, -0.15) is 0 Å². The molecule has 1 aromatic rings. The van der Waals surface area contributed by atoms with Crippen LogP contribution in [0.25, 0.3) is 0 Å². The van der Waals surface area contributed by atoms with Crippen LogP contribution in [0, 0.1) is 0 Å². The Morgan fingerprint density at radius 2 is 1.77 bits per heavy atom. The SMILES string of the molecule is CC(=O)N1CCN(c2ccc(Cl)cc2Cl)C(=O)C1.CC(N)=O. The van der Waals surface area contributed by atoms with E-state index in [0.29, 0.717) is 28.8 Å². The summed E-state index contributed by atoms with van der Waals surface area (Å²) in [7, 11) is 0. The number of hydrogen-bond donors (Lipinski definition) is 1. The van der Waals surface area contributed by atoms with E-state index in [4.69, 9.17) is 23.2 Å². The number of halogens is 2. The van der Waals surface area contributed by atoms with Gasteiger partial charge >= 0.3 is 0 Å². The van der Waals surface area contributed by atoms with E-state index >= 15 is 0 Å². The molecule has 0 radical (unpaired) electrons. The number of rotatable bonds is 1. The fraction of sp³-hybridized carbons (Fsp3) is 0.357. The van der Waals surface area contributed by atoms with Gasteiger partial charge in [-0.15, -0.1) is 0 Å². The molecule has 2 N–H and O–H groups in total. The van der Waals surface area contributed by atoms with Crippen LogP contribution in [0.15, 0.2) is 18.2 Å². The van der Waals surface area contributed by atoms with Crippen LogP contribution in [0.5, 0.6) is 0 Å². The summed E-state index contributed by atoms with van der Waals surface area (Å²) in [6.07, 6.45) is 0. The molecule has 3 amide bonds. The molecule has 0 atom stereocenters. The number of amides is 3. The summed E-state index contributed by atoms with van der Waals surface area (Å²) >= 11 is 11.9. The molecular weight excluding hydrogens is 329 g/mol. The third-order valence-corrected chi connectivity index (χ3v) is 3.40. The molecule has 1 saturated heterocycles. The standard InChI is InChI=1S/C12H12Cl2N2O2.C2H5NO/c1-8(17)15-4-5-16(12(18)7-15)11-3-2-9(13)6-10(11)14;1-2(3)4/h2-3,6H,4-5,7H2,1H3;1H3,(H2,3,4). The molecule has 22 heavy (non-hydrogen) atoms. The fourth-order valence-corrected chi connectivity index (χ4v) is 2.41. The average molecular weight is 346 g/mol. The van der Waals surface area contributed by atoms with Crippen molar-refractivity contribution in [3.63, 3.8) is 0 Å². The maximum Gasteiger partial charge on any atom is 0.246 e. The van der Waals surface area contributed by atoms with E-state index in [-0.39, 0.29) is 24.3 Å². The maximum absolute atomic E-state index is 12.0. The van der Waals surface area contributed by atoms with Crippen molar-refractivity contribution in [2.75, 3.05) is 24.5 Å².